The van der Waals surface area contributed by atoms with Crippen LogP contribution in [0, 0.1) is 6.92 Å². The Balaban J connectivity index is 2.81. The fourth-order valence-electron chi connectivity index (χ4n) is 1.30. The second kappa shape index (κ2) is 2.57. The molecular formula is C8H8N4O. The zero-order valence-electron chi connectivity index (χ0n) is 7.35. The molecule has 2 rings (SSSR count). The van der Waals surface area contributed by atoms with Crippen molar-refractivity contribution in [2.24, 2.45) is 12.0 Å². The Hall–Kier alpha value is -1.87. The smallest absolute Gasteiger partial charge is 0.242 e. The highest BCUT2D eigenvalue weighted by Gasteiger charge is 2.07. The largest absolute Gasteiger partial charge is 0.297 e. The molecule has 0 aromatic carbocycles. The number of isocyanates is 1. The van der Waals surface area contributed by atoms with E-state index < -0.39 is 0 Å². The van der Waals surface area contributed by atoms with Crippen LogP contribution in [-0.4, -0.2) is 20.0 Å². The molecule has 0 fully saturated rings. The molecule has 66 valence electrons. The standard InChI is InChI=1S/C8H8N4O/c1-6-3-9-8-11(2)7(10-5-13)4-12(6)8/h3-4H,1-2H3. The molecule has 0 unspecified atom stereocenters. The van der Waals surface area contributed by atoms with E-state index in [0.717, 1.165) is 11.5 Å². The van der Waals surface area contributed by atoms with Gasteiger partial charge in [-0.15, -0.1) is 4.99 Å². The molecule has 5 nitrogen and oxygen atoms in total. The quantitative estimate of drug-likeness (QED) is 0.479. The number of aryl methyl sites for hydroxylation is 2. The third-order valence-corrected chi connectivity index (χ3v) is 2.01. The Kier molecular flexibility index (Phi) is 1.53. The van der Waals surface area contributed by atoms with Crippen LogP contribution in [0.5, 0.6) is 0 Å². The van der Waals surface area contributed by atoms with Gasteiger partial charge in [0.05, 0.1) is 12.4 Å². The first-order chi connectivity index (χ1) is 6.24. The number of aliphatic imine (C=N–C) groups is 1. The van der Waals surface area contributed by atoms with Gasteiger partial charge in [-0.3, -0.25) is 8.97 Å². The van der Waals surface area contributed by atoms with Crippen molar-refractivity contribution in [3.63, 3.8) is 0 Å². The highest BCUT2D eigenvalue weighted by molar-refractivity contribution is 5.50. The molecule has 0 aliphatic rings. The van der Waals surface area contributed by atoms with Crippen LogP contribution in [0.4, 0.5) is 5.82 Å². The van der Waals surface area contributed by atoms with E-state index in [1.165, 1.54) is 6.08 Å². The van der Waals surface area contributed by atoms with Gasteiger partial charge in [-0.05, 0) is 6.92 Å². The molecule has 0 saturated carbocycles. The number of hydrogen-bond donors (Lipinski definition) is 0. The van der Waals surface area contributed by atoms with E-state index in [-0.39, 0.29) is 0 Å². The summed E-state index contributed by atoms with van der Waals surface area (Å²) in [6.07, 6.45) is 5.03. The fourth-order valence-corrected chi connectivity index (χ4v) is 1.30. The topological polar surface area (TPSA) is 51.7 Å². The van der Waals surface area contributed by atoms with Crippen LogP contribution in [0.25, 0.3) is 5.78 Å². The highest BCUT2D eigenvalue weighted by atomic mass is 16.1. The van der Waals surface area contributed by atoms with Gasteiger partial charge in [-0.2, -0.15) is 0 Å². The summed E-state index contributed by atoms with van der Waals surface area (Å²) in [4.78, 5) is 17.8. The maximum Gasteiger partial charge on any atom is 0.242 e. The van der Waals surface area contributed by atoms with Crippen molar-refractivity contribution in [1.29, 1.82) is 0 Å². The predicted molar refractivity (Wildman–Crippen MR) is 46.7 cm³/mol. The van der Waals surface area contributed by atoms with Gasteiger partial charge in [-0.1, -0.05) is 0 Å². The molecule has 0 spiro atoms. The van der Waals surface area contributed by atoms with Gasteiger partial charge in [0.15, 0.2) is 5.82 Å². The summed E-state index contributed by atoms with van der Waals surface area (Å²) in [5, 5.41) is 0. The summed E-state index contributed by atoms with van der Waals surface area (Å²) < 4.78 is 3.61. The van der Waals surface area contributed by atoms with Gasteiger partial charge < -0.3 is 0 Å². The average Bonchev–Trinajstić information content (AvgIpc) is 2.59. The van der Waals surface area contributed by atoms with E-state index in [1.54, 1.807) is 24.0 Å². The number of nitrogens with zero attached hydrogens (tertiary/aromatic N) is 4. The van der Waals surface area contributed by atoms with Crippen LogP contribution in [-0.2, 0) is 11.8 Å². The van der Waals surface area contributed by atoms with E-state index in [4.69, 9.17) is 0 Å². The fraction of sp³-hybridized carbons (Fsp3) is 0.250. The number of imidazole rings is 2. The first-order valence-corrected chi connectivity index (χ1v) is 3.81. The second-order valence-electron chi connectivity index (χ2n) is 2.82. The Morgan fingerprint density at radius 1 is 1.62 bits per heavy atom. The van der Waals surface area contributed by atoms with Gasteiger partial charge in [0, 0.05) is 12.7 Å². The van der Waals surface area contributed by atoms with Crippen molar-refractivity contribution < 1.29 is 4.79 Å². The minimum atomic E-state index is 0.557. The summed E-state index contributed by atoms with van der Waals surface area (Å²) in [6, 6.07) is 0. The lowest BCUT2D eigenvalue weighted by Gasteiger charge is -1.90. The molecule has 0 saturated heterocycles. The summed E-state index contributed by atoms with van der Waals surface area (Å²) in [5.41, 5.74) is 1.01. The van der Waals surface area contributed by atoms with Crippen molar-refractivity contribution in [2.75, 3.05) is 0 Å². The highest BCUT2D eigenvalue weighted by Crippen LogP contribution is 2.16. The lowest BCUT2D eigenvalue weighted by Crippen LogP contribution is -1.87. The van der Waals surface area contributed by atoms with Crippen LogP contribution in [0.3, 0.4) is 0 Å². The number of rotatable bonds is 1. The zero-order chi connectivity index (χ0) is 9.42. The zero-order valence-corrected chi connectivity index (χ0v) is 7.35. The number of aromatic nitrogens is 3. The van der Waals surface area contributed by atoms with Crippen LogP contribution in [0.15, 0.2) is 17.4 Å². The molecular weight excluding hydrogens is 168 g/mol. The second-order valence-corrected chi connectivity index (χ2v) is 2.82. The Morgan fingerprint density at radius 3 is 3.00 bits per heavy atom. The van der Waals surface area contributed by atoms with Crippen molar-refractivity contribution in [3.05, 3.63) is 18.1 Å². The molecule has 0 bridgehead atoms. The minimum Gasteiger partial charge on any atom is -0.297 e. The van der Waals surface area contributed by atoms with E-state index in [1.807, 2.05) is 11.3 Å². The third kappa shape index (κ3) is 0.981. The van der Waals surface area contributed by atoms with Crippen LogP contribution < -0.4 is 0 Å². The molecule has 0 aliphatic carbocycles. The maximum atomic E-state index is 10.1. The SMILES string of the molecule is Cc1cnc2n(C)c(N=C=O)cn12. The molecule has 2 aromatic heterocycles. The lowest BCUT2D eigenvalue weighted by atomic mass is 10.5. The number of fused-ring (bicyclic) bond motifs is 1. The number of carbonyl (C=O) groups excluding carboxylic acids is 1. The van der Waals surface area contributed by atoms with Crippen LogP contribution >= 0.6 is 0 Å². The molecule has 0 amide bonds. The van der Waals surface area contributed by atoms with Gasteiger partial charge in [-0.25, -0.2) is 9.78 Å². The van der Waals surface area contributed by atoms with E-state index in [9.17, 15) is 4.79 Å². The van der Waals surface area contributed by atoms with Crippen molar-refractivity contribution in [2.45, 2.75) is 6.92 Å². The average molecular weight is 176 g/mol. The van der Waals surface area contributed by atoms with E-state index in [2.05, 4.69) is 9.98 Å². The normalized spacial score (nSPS) is 10.3. The van der Waals surface area contributed by atoms with Gasteiger partial charge >= 0.3 is 0 Å². The van der Waals surface area contributed by atoms with Crippen LogP contribution in [0.1, 0.15) is 5.69 Å². The maximum absolute atomic E-state index is 10.1. The van der Waals surface area contributed by atoms with Crippen molar-refractivity contribution in [1.82, 2.24) is 14.0 Å². The first-order valence-electron chi connectivity index (χ1n) is 3.81. The van der Waals surface area contributed by atoms with Gasteiger partial charge in [0.25, 0.3) is 0 Å². The molecule has 2 aromatic rings. The van der Waals surface area contributed by atoms with E-state index in [0.29, 0.717) is 5.82 Å². The Morgan fingerprint density at radius 2 is 2.38 bits per heavy atom. The molecule has 0 atom stereocenters. The monoisotopic (exact) mass is 176 g/mol. The Labute approximate surface area is 74.3 Å². The lowest BCUT2D eigenvalue weighted by molar-refractivity contribution is 0.565. The summed E-state index contributed by atoms with van der Waals surface area (Å²) in [7, 11) is 1.80. The molecule has 0 radical (unpaired) electrons. The summed E-state index contributed by atoms with van der Waals surface area (Å²) in [6.45, 7) is 1.94. The first kappa shape index (κ1) is 7.76. The van der Waals surface area contributed by atoms with Gasteiger partial charge in [0.1, 0.15) is 0 Å². The Bertz CT molecular complexity index is 501. The summed E-state index contributed by atoms with van der Waals surface area (Å²) >= 11 is 0. The molecule has 0 aliphatic heterocycles. The predicted octanol–water partition coefficient (Wildman–Crippen LogP) is 0.949. The number of hydrogen-bond acceptors (Lipinski definition) is 3. The third-order valence-electron chi connectivity index (χ3n) is 2.01. The summed E-state index contributed by atoms with van der Waals surface area (Å²) in [5.74, 6) is 1.33. The van der Waals surface area contributed by atoms with E-state index >= 15 is 0 Å². The molecule has 5 heteroatoms. The van der Waals surface area contributed by atoms with Gasteiger partial charge in [0.2, 0.25) is 11.9 Å². The molecule has 2 heterocycles. The van der Waals surface area contributed by atoms with Crippen molar-refractivity contribution in [3.8, 4) is 0 Å². The minimum absolute atomic E-state index is 0.557. The van der Waals surface area contributed by atoms with Crippen LogP contribution in [0.2, 0.25) is 0 Å². The molecule has 0 N–H and O–H groups in total. The molecule has 13 heavy (non-hydrogen) atoms. The van der Waals surface area contributed by atoms with Crippen molar-refractivity contribution >= 4 is 17.7 Å².